The van der Waals surface area contributed by atoms with Gasteiger partial charge in [-0.05, 0) is 49.5 Å². The summed E-state index contributed by atoms with van der Waals surface area (Å²) in [5.74, 6) is -0.299. The van der Waals surface area contributed by atoms with Crippen LogP contribution in [0, 0.1) is 13.8 Å². The lowest BCUT2D eigenvalue weighted by atomic mass is 10.1. The van der Waals surface area contributed by atoms with Crippen LogP contribution in [-0.4, -0.2) is 36.9 Å². The fourth-order valence-corrected chi connectivity index (χ4v) is 3.15. The molecule has 0 saturated carbocycles. The number of anilines is 2. The topological polar surface area (TPSA) is 61.4 Å². The van der Waals surface area contributed by atoms with Gasteiger partial charge in [0.2, 0.25) is 11.8 Å². The number of amides is 2. The van der Waals surface area contributed by atoms with Gasteiger partial charge in [0.05, 0.1) is 13.1 Å². The Morgan fingerprint density at radius 2 is 1.36 bits per heavy atom. The Balaban J connectivity index is 1.56. The van der Waals surface area contributed by atoms with E-state index in [0.29, 0.717) is 0 Å². The lowest BCUT2D eigenvalue weighted by molar-refractivity contribution is -0.119. The molecular formula is C23H25N3O2. The molecule has 0 spiro atoms. The van der Waals surface area contributed by atoms with Gasteiger partial charge in [0.15, 0.2) is 0 Å². The molecule has 0 aliphatic carbocycles. The van der Waals surface area contributed by atoms with Gasteiger partial charge < -0.3 is 10.6 Å². The van der Waals surface area contributed by atoms with Gasteiger partial charge in [0.1, 0.15) is 0 Å². The van der Waals surface area contributed by atoms with Crippen molar-refractivity contribution in [2.75, 3.05) is 30.8 Å². The van der Waals surface area contributed by atoms with Gasteiger partial charge in [-0.25, -0.2) is 0 Å². The van der Waals surface area contributed by atoms with Gasteiger partial charge in [-0.1, -0.05) is 48.5 Å². The monoisotopic (exact) mass is 375 g/mol. The molecule has 2 N–H and O–H groups in total. The van der Waals surface area contributed by atoms with E-state index in [0.717, 1.165) is 33.3 Å². The van der Waals surface area contributed by atoms with Gasteiger partial charge in [-0.2, -0.15) is 0 Å². The Morgan fingerprint density at radius 3 is 2.11 bits per heavy atom. The van der Waals surface area contributed by atoms with Gasteiger partial charge in [0.25, 0.3) is 0 Å². The number of hydrogen-bond donors (Lipinski definition) is 2. The highest BCUT2D eigenvalue weighted by Crippen LogP contribution is 2.23. The van der Waals surface area contributed by atoms with Crippen molar-refractivity contribution >= 4 is 34.0 Å². The fraction of sp³-hybridized carbons (Fsp3) is 0.217. The highest BCUT2D eigenvalue weighted by atomic mass is 16.2. The molecule has 3 rings (SSSR count). The highest BCUT2D eigenvalue weighted by molar-refractivity contribution is 6.03. The van der Waals surface area contributed by atoms with Gasteiger partial charge >= 0.3 is 0 Å². The van der Waals surface area contributed by atoms with Crippen LogP contribution >= 0.6 is 0 Å². The lowest BCUT2D eigenvalue weighted by Crippen LogP contribution is -2.36. The number of nitrogens with one attached hydrogen (secondary N) is 2. The van der Waals surface area contributed by atoms with Gasteiger partial charge in [-0.15, -0.1) is 0 Å². The molecule has 0 saturated heterocycles. The van der Waals surface area contributed by atoms with E-state index in [2.05, 4.69) is 10.6 Å². The largest absolute Gasteiger partial charge is 0.325 e. The number of carbonyl (C=O) groups excluding carboxylic acids is 2. The standard InChI is InChI=1S/C23H25N3O2/c1-16-8-6-12-20(17(16)2)24-22(27)14-26(3)15-23(28)25-21-13-7-10-18-9-4-5-11-19(18)21/h4-13H,14-15H2,1-3H3,(H,24,27)(H,25,28). The average Bonchev–Trinajstić information content (AvgIpc) is 2.65. The van der Waals surface area contributed by atoms with Gasteiger partial charge in [0, 0.05) is 16.8 Å². The van der Waals surface area contributed by atoms with Crippen LogP contribution in [0.15, 0.2) is 60.7 Å². The first-order chi connectivity index (χ1) is 13.4. The number of aryl methyl sites for hydroxylation is 1. The normalized spacial score (nSPS) is 10.9. The summed E-state index contributed by atoms with van der Waals surface area (Å²) >= 11 is 0. The van der Waals surface area contributed by atoms with Crippen molar-refractivity contribution in [1.29, 1.82) is 0 Å². The van der Waals surface area contributed by atoms with Crippen molar-refractivity contribution < 1.29 is 9.59 Å². The third kappa shape index (κ3) is 4.75. The Hall–Kier alpha value is -3.18. The summed E-state index contributed by atoms with van der Waals surface area (Å²) < 4.78 is 0. The van der Waals surface area contributed by atoms with Crippen molar-refractivity contribution in [3.63, 3.8) is 0 Å². The molecule has 28 heavy (non-hydrogen) atoms. The number of rotatable bonds is 6. The summed E-state index contributed by atoms with van der Waals surface area (Å²) in [5, 5.41) is 7.92. The van der Waals surface area contributed by atoms with E-state index in [9.17, 15) is 9.59 Å². The maximum absolute atomic E-state index is 12.4. The van der Waals surface area contributed by atoms with E-state index in [-0.39, 0.29) is 24.9 Å². The van der Waals surface area contributed by atoms with Gasteiger partial charge in [-0.3, -0.25) is 14.5 Å². The highest BCUT2D eigenvalue weighted by Gasteiger charge is 2.13. The minimum atomic E-state index is -0.154. The van der Waals surface area contributed by atoms with Crippen molar-refractivity contribution in [1.82, 2.24) is 4.90 Å². The summed E-state index contributed by atoms with van der Waals surface area (Å²) in [7, 11) is 1.76. The third-order valence-corrected chi connectivity index (χ3v) is 4.77. The molecule has 0 aromatic heterocycles. The maximum Gasteiger partial charge on any atom is 0.238 e. The zero-order valence-corrected chi connectivity index (χ0v) is 16.5. The number of benzene rings is 3. The molecule has 5 heteroatoms. The molecule has 144 valence electrons. The van der Waals surface area contributed by atoms with Crippen LogP contribution in [0.3, 0.4) is 0 Å². The predicted molar refractivity (Wildman–Crippen MR) is 115 cm³/mol. The Kier molecular flexibility index (Phi) is 6.06. The first kappa shape index (κ1) is 19.6. The molecule has 0 heterocycles. The third-order valence-electron chi connectivity index (χ3n) is 4.77. The molecule has 0 aliphatic rings. The van der Waals surface area contributed by atoms with Crippen LogP contribution in [0.2, 0.25) is 0 Å². The maximum atomic E-state index is 12.4. The van der Waals surface area contributed by atoms with E-state index in [1.807, 2.05) is 74.5 Å². The summed E-state index contributed by atoms with van der Waals surface area (Å²) in [6.07, 6.45) is 0. The molecule has 3 aromatic carbocycles. The van der Waals surface area contributed by atoms with Crippen LogP contribution in [0.25, 0.3) is 10.8 Å². The smallest absolute Gasteiger partial charge is 0.238 e. The summed E-state index contributed by atoms with van der Waals surface area (Å²) in [6.45, 7) is 4.25. The Bertz CT molecular complexity index is 1010. The Morgan fingerprint density at radius 1 is 0.786 bits per heavy atom. The van der Waals surface area contributed by atoms with Crippen molar-refractivity contribution in [2.45, 2.75) is 13.8 Å². The van der Waals surface area contributed by atoms with Crippen LogP contribution in [0.5, 0.6) is 0 Å². The zero-order chi connectivity index (χ0) is 20.1. The molecular weight excluding hydrogens is 350 g/mol. The first-order valence-corrected chi connectivity index (χ1v) is 9.26. The Labute approximate surface area is 165 Å². The second kappa shape index (κ2) is 8.67. The molecule has 3 aromatic rings. The van der Waals surface area contributed by atoms with E-state index in [4.69, 9.17) is 0 Å². The van der Waals surface area contributed by atoms with E-state index >= 15 is 0 Å². The SMILES string of the molecule is Cc1cccc(NC(=O)CN(C)CC(=O)Nc2cccc3ccccc23)c1C. The molecule has 0 radical (unpaired) electrons. The van der Waals surface area contributed by atoms with E-state index < -0.39 is 0 Å². The first-order valence-electron chi connectivity index (χ1n) is 9.26. The molecule has 0 aliphatic heterocycles. The van der Waals surface area contributed by atoms with Crippen LogP contribution in [0.4, 0.5) is 11.4 Å². The quantitative estimate of drug-likeness (QED) is 0.685. The average molecular weight is 375 g/mol. The minimum absolute atomic E-state index is 0.128. The molecule has 5 nitrogen and oxygen atoms in total. The second-order valence-corrected chi connectivity index (χ2v) is 7.04. The van der Waals surface area contributed by atoms with Crippen LogP contribution in [0.1, 0.15) is 11.1 Å². The van der Waals surface area contributed by atoms with Crippen molar-refractivity contribution in [2.24, 2.45) is 0 Å². The number of hydrogen-bond acceptors (Lipinski definition) is 3. The number of fused-ring (bicyclic) bond motifs is 1. The molecule has 2 amide bonds. The second-order valence-electron chi connectivity index (χ2n) is 7.04. The number of nitrogens with zero attached hydrogens (tertiary/aromatic N) is 1. The summed E-state index contributed by atoms with van der Waals surface area (Å²) in [4.78, 5) is 26.4. The lowest BCUT2D eigenvalue weighted by Gasteiger charge is -2.17. The van der Waals surface area contributed by atoms with Crippen LogP contribution in [-0.2, 0) is 9.59 Å². The molecule has 0 fully saturated rings. The molecule has 0 unspecified atom stereocenters. The van der Waals surface area contributed by atoms with E-state index in [1.165, 1.54) is 0 Å². The van der Waals surface area contributed by atoms with E-state index in [1.54, 1.807) is 11.9 Å². The summed E-state index contributed by atoms with van der Waals surface area (Å²) in [5.41, 5.74) is 3.75. The zero-order valence-electron chi connectivity index (χ0n) is 16.5. The van der Waals surface area contributed by atoms with Crippen LogP contribution < -0.4 is 10.6 Å². The molecule has 0 bridgehead atoms. The summed E-state index contributed by atoms with van der Waals surface area (Å²) in [6, 6.07) is 19.5. The number of likely N-dealkylation sites (N-methyl/N-ethyl adjacent to an activating group) is 1. The fourth-order valence-electron chi connectivity index (χ4n) is 3.15. The number of carbonyl (C=O) groups is 2. The minimum Gasteiger partial charge on any atom is -0.325 e. The predicted octanol–water partition coefficient (Wildman–Crippen LogP) is 3.97. The van der Waals surface area contributed by atoms with Crippen molar-refractivity contribution in [3.05, 3.63) is 71.8 Å². The molecule has 0 atom stereocenters. The van der Waals surface area contributed by atoms with Crippen molar-refractivity contribution in [3.8, 4) is 0 Å².